The summed E-state index contributed by atoms with van der Waals surface area (Å²) in [4.78, 5) is 16.9. The van der Waals surface area contributed by atoms with Gasteiger partial charge < -0.3 is 10.6 Å². The first-order chi connectivity index (χ1) is 8.44. The molecule has 0 atom stereocenters. The van der Waals surface area contributed by atoms with Gasteiger partial charge in [-0.3, -0.25) is 9.78 Å². The molecule has 1 aliphatic heterocycles. The van der Waals surface area contributed by atoms with Gasteiger partial charge in [-0.25, -0.2) is 4.39 Å². The fourth-order valence-corrected chi connectivity index (χ4v) is 3.01. The maximum atomic E-state index is 14.0. The number of pyridine rings is 1. The van der Waals surface area contributed by atoms with Crippen LogP contribution in [0, 0.1) is 0 Å². The Kier molecular flexibility index (Phi) is 3.77. The molecule has 18 heavy (non-hydrogen) atoms. The summed E-state index contributed by atoms with van der Waals surface area (Å²) in [6.07, 6.45) is 3.32. The lowest BCUT2D eigenvalue weighted by atomic mass is 9.92. The average Bonchev–Trinajstić information content (AvgIpc) is 2.31. The Labute approximate surface area is 117 Å². The maximum absolute atomic E-state index is 14.0. The number of hydrogen-bond acceptors (Lipinski definition) is 3. The van der Waals surface area contributed by atoms with Crippen LogP contribution in [0.15, 0.2) is 16.9 Å². The van der Waals surface area contributed by atoms with Crippen LogP contribution < -0.4 is 10.6 Å². The Morgan fingerprint density at radius 1 is 1.50 bits per heavy atom. The van der Waals surface area contributed by atoms with Crippen molar-refractivity contribution in [2.75, 3.05) is 18.0 Å². The first-order valence-electron chi connectivity index (χ1n) is 5.47. The van der Waals surface area contributed by atoms with E-state index in [-0.39, 0.29) is 12.8 Å². The van der Waals surface area contributed by atoms with Gasteiger partial charge in [0.15, 0.2) is 5.67 Å². The number of rotatable bonds is 2. The maximum Gasteiger partial charge on any atom is 0.255 e. The van der Waals surface area contributed by atoms with Crippen molar-refractivity contribution in [3.63, 3.8) is 0 Å². The first kappa shape index (κ1) is 13.5. The van der Waals surface area contributed by atoms with Crippen LogP contribution in [0.3, 0.4) is 0 Å². The predicted octanol–water partition coefficient (Wildman–Crippen LogP) is 2.29. The largest absolute Gasteiger partial charge is 0.369 e. The van der Waals surface area contributed by atoms with Crippen molar-refractivity contribution in [2.45, 2.75) is 18.5 Å². The molecule has 7 heteroatoms. The molecule has 1 saturated heterocycles. The number of piperidine rings is 1. The molecule has 0 radical (unpaired) electrons. The number of hydrogen-bond donors (Lipinski definition) is 1. The molecule has 0 unspecified atom stereocenters. The zero-order valence-electron chi connectivity index (χ0n) is 9.50. The molecule has 0 bridgehead atoms. The van der Waals surface area contributed by atoms with Crippen molar-refractivity contribution in [1.82, 2.24) is 4.98 Å². The number of halogens is 3. The minimum atomic E-state index is -1.90. The quantitative estimate of drug-likeness (QED) is 0.901. The molecule has 1 aliphatic rings. The molecule has 1 aromatic heterocycles. The van der Waals surface area contributed by atoms with Crippen molar-refractivity contribution in [2.24, 2.45) is 5.73 Å². The normalized spacial score (nSPS) is 18.7. The van der Waals surface area contributed by atoms with Gasteiger partial charge in [-0.15, -0.1) is 0 Å². The zero-order valence-corrected chi connectivity index (χ0v) is 11.8. The Morgan fingerprint density at radius 3 is 2.61 bits per heavy atom. The SMILES string of the molecule is NC(=O)C1(F)CCN(c2c(Cl)cncc2Br)CC1. The number of carbonyl (C=O) groups excluding carboxylic acids is 1. The summed E-state index contributed by atoms with van der Waals surface area (Å²) in [6.45, 7) is 0.781. The molecule has 98 valence electrons. The van der Waals surface area contributed by atoms with Crippen LogP contribution in [0.4, 0.5) is 10.1 Å². The highest BCUT2D eigenvalue weighted by molar-refractivity contribution is 9.10. The van der Waals surface area contributed by atoms with E-state index in [9.17, 15) is 9.18 Å². The Morgan fingerprint density at radius 2 is 2.11 bits per heavy atom. The molecule has 0 saturated carbocycles. The van der Waals surface area contributed by atoms with Gasteiger partial charge in [-0.05, 0) is 15.9 Å². The third-order valence-electron chi connectivity index (χ3n) is 3.14. The topological polar surface area (TPSA) is 59.2 Å². The van der Waals surface area contributed by atoms with Crippen LogP contribution in [0.5, 0.6) is 0 Å². The summed E-state index contributed by atoms with van der Waals surface area (Å²) in [7, 11) is 0. The summed E-state index contributed by atoms with van der Waals surface area (Å²) >= 11 is 9.44. The number of nitrogens with two attached hydrogens (primary N) is 1. The Balaban J connectivity index is 2.18. The van der Waals surface area contributed by atoms with Crippen molar-refractivity contribution in [3.8, 4) is 0 Å². The summed E-state index contributed by atoms with van der Waals surface area (Å²) in [5.74, 6) is -0.887. The summed E-state index contributed by atoms with van der Waals surface area (Å²) < 4.78 is 14.8. The van der Waals surface area contributed by atoms with Crippen molar-refractivity contribution < 1.29 is 9.18 Å². The molecule has 2 rings (SSSR count). The van der Waals surface area contributed by atoms with E-state index >= 15 is 0 Å². The fraction of sp³-hybridized carbons (Fsp3) is 0.455. The highest BCUT2D eigenvalue weighted by Gasteiger charge is 2.40. The van der Waals surface area contributed by atoms with Gasteiger partial charge >= 0.3 is 0 Å². The van der Waals surface area contributed by atoms with E-state index < -0.39 is 11.6 Å². The van der Waals surface area contributed by atoms with Gasteiger partial charge in [0, 0.05) is 38.3 Å². The highest BCUT2D eigenvalue weighted by Crippen LogP contribution is 2.36. The van der Waals surface area contributed by atoms with E-state index in [0.29, 0.717) is 18.1 Å². The molecule has 4 nitrogen and oxygen atoms in total. The summed E-state index contributed by atoms with van der Waals surface area (Å²) in [6, 6.07) is 0. The minimum absolute atomic E-state index is 0.0768. The molecule has 0 aromatic carbocycles. The van der Waals surface area contributed by atoms with Crippen molar-refractivity contribution >= 4 is 39.1 Å². The monoisotopic (exact) mass is 335 g/mol. The van der Waals surface area contributed by atoms with Gasteiger partial charge in [-0.1, -0.05) is 11.6 Å². The van der Waals surface area contributed by atoms with Crippen LogP contribution in [-0.4, -0.2) is 29.6 Å². The summed E-state index contributed by atoms with van der Waals surface area (Å²) in [5.41, 5.74) is 3.94. The lowest BCUT2D eigenvalue weighted by Gasteiger charge is -2.36. The van der Waals surface area contributed by atoms with Crippen LogP contribution in [-0.2, 0) is 4.79 Å². The van der Waals surface area contributed by atoms with Gasteiger partial charge in [0.1, 0.15) is 0 Å². The van der Waals surface area contributed by atoms with Crippen LogP contribution in [0.1, 0.15) is 12.8 Å². The van der Waals surface area contributed by atoms with Gasteiger partial charge in [0.25, 0.3) is 5.91 Å². The van der Waals surface area contributed by atoms with Crippen LogP contribution >= 0.6 is 27.5 Å². The van der Waals surface area contributed by atoms with Crippen molar-refractivity contribution in [1.29, 1.82) is 0 Å². The lowest BCUT2D eigenvalue weighted by molar-refractivity contribution is -0.130. The second-order valence-corrected chi connectivity index (χ2v) is 5.53. The fourth-order valence-electron chi connectivity index (χ4n) is 2.04. The summed E-state index contributed by atoms with van der Waals surface area (Å²) in [5, 5.41) is 0.495. The van der Waals surface area contributed by atoms with Crippen molar-refractivity contribution in [3.05, 3.63) is 21.9 Å². The molecule has 0 aliphatic carbocycles. The van der Waals surface area contributed by atoms with E-state index in [2.05, 4.69) is 20.9 Å². The molecule has 1 fully saturated rings. The number of amides is 1. The number of aromatic nitrogens is 1. The van der Waals surface area contributed by atoms with E-state index in [1.807, 2.05) is 4.90 Å². The number of alkyl halides is 1. The smallest absolute Gasteiger partial charge is 0.255 e. The van der Waals surface area contributed by atoms with E-state index in [1.54, 1.807) is 6.20 Å². The molecular weight excluding hydrogens is 324 g/mol. The number of primary amides is 1. The predicted molar refractivity (Wildman–Crippen MR) is 71.4 cm³/mol. The third kappa shape index (κ3) is 2.44. The average molecular weight is 337 g/mol. The number of carbonyl (C=O) groups is 1. The van der Waals surface area contributed by atoms with E-state index in [0.717, 1.165) is 10.2 Å². The number of nitrogens with zero attached hydrogens (tertiary/aromatic N) is 2. The third-order valence-corrected chi connectivity index (χ3v) is 4.00. The molecule has 2 heterocycles. The Bertz CT molecular complexity index is 457. The Hall–Kier alpha value is -0.880. The minimum Gasteiger partial charge on any atom is -0.369 e. The first-order valence-corrected chi connectivity index (χ1v) is 6.64. The number of anilines is 1. The van der Waals surface area contributed by atoms with Crippen LogP contribution in [0.25, 0.3) is 0 Å². The van der Waals surface area contributed by atoms with E-state index in [1.165, 1.54) is 6.20 Å². The molecule has 1 aromatic rings. The van der Waals surface area contributed by atoms with E-state index in [4.69, 9.17) is 17.3 Å². The van der Waals surface area contributed by atoms with Gasteiger partial charge in [0.05, 0.1) is 15.2 Å². The second kappa shape index (κ2) is 5.01. The molecule has 1 amide bonds. The molecule has 2 N–H and O–H groups in total. The lowest BCUT2D eigenvalue weighted by Crippen LogP contribution is -2.49. The molecule has 0 spiro atoms. The zero-order chi connectivity index (χ0) is 13.3. The van der Waals surface area contributed by atoms with Crippen LogP contribution in [0.2, 0.25) is 5.02 Å². The standard InChI is InChI=1S/C11H12BrClFN3O/c12-7-5-16-6-8(13)9(7)17-3-1-11(14,2-4-17)10(15)18/h5-6H,1-4H2,(H2,15,18). The second-order valence-electron chi connectivity index (χ2n) is 4.27. The highest BCUT2D eigenvalue weighted by atomic mass is 79.9. The van der Waals surface area contributed by atoms with Gasteiger partial charge in [0.2, 0.25) is 0 Å². The van der Waals surface area contributed by atoms with Gasteiger partial charge in [-0.2, -0.15) is 0 Å². The molecular formula is C11H12BrClFN3O.